The number of halogens is 6. The molecular formula is C16H15Cl3F3N3O3. The van der Waals surface area contributed by atoms with Gasteiger partial charge >= 0.3 is 12.2 Å². The molecule has 0 saturated carbocycles. The maximum Gasteiger partial charge on any atom is 0.421 e. The number of aromatic nitrogens is 1. The minimum Gasteiger partial charge on any atom is -0.412 e. The molecule has 0 spiro atoms. The minimum absolute atomic E-state index is 0. The first-order chi connectivity index (χ1) is 12.4. The lowest BCUT2D eigenvalue weighted by atomic mass is 9.95. The Labute approximate surface area is 172 Å². The molecule has 0 aliphatic carbocycles. The fourth-order valence-corrected chi connectivity index (χ4v) is 2.67. The molecule has 6 nitrogen and oxygen atoms in total. The van der Waals surface area contributed by atoms with Gasteiger partial charge in [-0.3, -0.25) is 4.98 Å². The highest BCUT2D eigenvalue weighted by molar-refractivity contribution is 6.39. The Hall–Kier alpha value is -1.78. The summed E-state index contributed by atoms with van der Waals surface area (Å²) in [7, 11) is 0. The average molecular weight is 461 g/mol. The molecule has 28 heavy (non-hydrogen) atoms. The van der Waals surface area contributed by atoms with Crippen LogP contribution in [-0.2, 0) is 12.1 Å². The van der Waals surface area contributed by atoms with Gasteiger partial charge in [0, 0.05) is 6.20 Å². The van der Waals surface area contributed by atoms with Gasteiger partial charge in [0.25, 0.3) is 0 Å². The van der Waals surface area contributed by atoms with Gasteiger partial charge < -0.3 is 21.2 Å². The van der Waals surface area contributed by atoms with E-state index in [-0.39, 0.29) is 27.8 Å². The van der Waals surface area contributed by atoms with E-state index in [1.54, 1.807) is 12.1 Å². The molecule has 12 heteroatoms. The summed E-state index contributed by atoms with van der Waals surface area (Å²) < 4.78 is 38.8. The van der Waals surface area contributed by atoms with Gasteiger partial charge in [-0.25, -0.2) is 4.79 Å². The number of hydrogen-bond acceptors (Lipinski definition) is 3. The zero-order chi connectivity index (χ0) is 20.4. The summed E-state index contributed by atoms with van der Waals surface area (Å²) in [5, 5.41) is 14.5. The van der Waals surface area contributed by atoms with E-state index in [1.165, 1.54) is 6.20 Å². The number of alkyl halides is 3. The third kappa shape index (κ3) is 5.62. The van der Waals surface area contributed by atoms with Crippen LogP contribution in [0.2, 0.25) is 15.1 Å². The molecule has 1 heterocycles. The van der Waals surface area contributed by atoms with Crippen LogP contribution in [-0.4, -0.2) is 27.8 Å². The number of hydrogen-bond donors (Lipinski definition) is 3. The largest absolute Gasteiger partial charge is 0.421 e. The van der Waals surface area contributed by atoms with E-state index in [2.05, 4.69) is 15.6 Å². The molecule has 0 unspecified atom stereocenters. The van der Waals surface area contributed by atoms with Crippen LogP contribution >= 0.6 is 34.8 Å². The van der Waals surface area contributed by atoms with Gasteiger partial charge in [-0.15, -0.1) is 0 Å². The Balaban J connectivity index is 0.00000392. The third-order valence-corrected chi connectivity index (χ3v) is 4.43. The molecule has 154 valence electrons. The summed E-state index contributed by atoms with van der Waals surface area (Å²) in [6.45, 7) is 0.646. The van der Waals surface area contributed by atoms with Crippen LogP contribution in [0.4, 0.5) is 23.7 Å². The molecule has 0 aliphatic rings. The number of anilines is 1. The van der Waals surface area contributed by atoms with Crippen LogP contribution in [0.25, 0.3) is 0 Å². The third-order valence-electron chi connectivity index (χ3n) is 3.61. The number of aliphatic hydroxyl groups is 1. The molecule has 0 aliphatic heterocycles. The molecular weight excluding hydrogens is 446 g/mol. The lowest BCUT2D eigenvalue weighted by Crippen LogP contribution is -2.39. The van der Waals surface area contributed by atoms with Crippen molar-refractivity contribution in [2.75, 3.05) is 5.32 Å². The second-order valence-electron chi connectivity index (χ2n) is 5.66. The number of carbonyl (C=O) groups is 1. The predicted octanol–water partition coefficient (Wildman–Crippen LogP) is 4.31. The minimum atomic E-state index is -4.93. The molecule has 1 aromatic heterocycles. The van der Waals surface area contributed by atoms with Gasteiger partial charge in [-0.1, -0.05) is 34.8 Å². The number of nitrogens with one attached hydrogen (secondary N) is 2. The van der Waals surface area contributed by atoms with Crippen molar-refractivity contribution in [1.82, 2.24) is 10.3 Å². The molecule has 2 rings (SSSR count). The van der Waals surface area contributed by atoms with Crippen LogP contribution < -0.4 is 10.6 Å². The summed E-state index contributed by atoms with van der Waals surface area (Å²) in [4.78, 5) is 16.0. The van der Waals surface area contributed by atoms with Crippen LogP contribution in [0.15, 0.2) is 30.5 Å². The number of amides is 2. The second-order valence-corrected chi connectivity index (χ2v) is 6.91. The van der Waals surface area contributed by atoms with Crippen molar-refractivity contribution in [1.29, 1.82) is 0 Å². The smallest absolute Gasteiger partial charge is 0.412 e. The van der Waals surface area contributed by atoms with E-state index in [0.717, 1.165) is 12.1 Å². The first-order valence-corrected chi connectivity index (χ1v) is 8.49. The van der Waals surface area contributed by atoms with Crippen molar-refractivity contribution in [2.24, 2.45) is 0 Å². The molecule has 0 saturated heterocycles. The van der Waals surface area contributed by atoms with Crippen molar-refractivity contribution >= 4 is 46.5 Å². The van der Waals surface area contributed by atoms with Gasteiger partial charge in [0.2, 0.25) is 0 Å². The van der Waals surface area contributed by atoms with Gasteiger partial charge in [0.15, 0.2) is 5.60 Å². The molecule has 5 N–H and O–H groups in total. The highest BCUT2D eigenvalue weighted by Crippen LogP contribution is 2.42. The Morgan fingerprint density at radius 3 is 2.21 bits per heavy atom. The highest BCUT2D eigenvalue weighted by Gasteiger charge is 2.51. The van der Waals surface area contributed by atoms with Crippen LogP contribution in [0.1, 0.15) is 18.2 Å². The lowest BCUT2D eigenvalue weighted by molar-refractivity contribution is -0.258. The monoisotopic (exact) mass is 459 g/mol. The zero-order valence-corrected chi connectivity index (χ0v) is 16.4. The van der Waals surface area contributed by atoms with Crippen molar-refractivity contribution in [2.45, 2.75) is 25.2 Å². The topological polar surface area (TPSA) is 106 Å². The second kappa shape index (κ2) is 9.15. The molecule has 2 aromatic rings. The normalized spacial score (nSPS) is 13.3. The van der Waals surface area contributed by atoms with Crippen molar-refractivity contribution in [3.8, 4) is 0 Å². The Kier molecular flexibility index (Phi) is 7.92. The van der Waals surface area contributed by atoms with E-state index in [1.807, 2.05) is 0 Å². The predicted molar refractivity (Wildman–Crippen MR) is 101 cm³/mol. The average Bonchev–Trinajstić information content (AvgIpc) is 2.56. The van der Waals surface area contributed by atoms with Crippen molar-refractivity contribution in [3.63, 3.8) is 0 Å². The number of carbonyl (C=O) groups excluding carboxylic acids is 1. The van der Waals surface area contributed by atoms with Gasteiger partial charge in [0.1, 0.15) is 0 Å². The SMILES string of the molecule is C[C@](O)(c1cc(Cl)c(NC(=O)NCc2ccc(Cl)cn2)c(Cl)c1)C(F)(F)F.O. The standard InChI is InChI=1S/C16H13Cl3F3N3O2.H2O/c1-15(27,16(20,21)22)8-4-11(18)13(12(19)5-8)25-14(26)24-7-10-3-2-9(17)6-23-10;/h2-6,27H,7H2,1H3,(H2,24,25,26);1H2/t15-;/m0./s1. The zero-order valence-electron chi connectivity index (χ0n) is 14.2. The quantitative estimate of drug-likeness (QED) is 0.633. The van der Waals surface area contributed by atoms with Crippen molar-refractivity contribution in [3.05, 3.63) is 56.8 Å². The van der Waals surface area contributed by atoms with Gasteiger partial charge in [-0.05, 0) is 36.8 Å². The number of urea groups is 1. The van der Waals surface area contributed by atoms with E-state index < -0.39 is 23.4 Å². The molecule has 0 bridgehead atoms. The van der Waals surface area contributed by atoms with Gasteiger partial charge in [0.05, 0.1) is 33.0 Å². The van der Waals surface area contributed by atoms with Crippen LogP contribution in [0.3, 0.4) is 0 Å². The summed E-state index contributed by atoms with van der Waals surface area (Å²) in [5.74, 6) is 0. The first kappa shape index (κ1) is 24.3. The van der Waals surface area contributed by atoms with Crippen molar-refractivity contribution < 1.29 is 28.5 Å². The molecule has 2 amide bonds. The van der Waals surface area contributed by atoms with Crippen LogP contribution in [0, 0.1) is 0 Å². The number of benzene rings is 1. The van der Waals surface area contributed by atoms with Crippen LogP contribution in [0.5, 0.6) is 0 Å². The Bertz CT molecular complexity index is 824. The summed E-state index contributed by atoms with van der Waals surface area (Å²) >= 11 is 17.6. The maximum absolute atomic E-state index is 12.9. The maximum atomic E-state index is 12.9. The number of rotatable bonds is 4. The van der Waals surface area contributed by atoms with E-state index in [0.29, 0.717) is 17.6 Å². The molecule has 1 atom stereocenters. The van der Waals surface area contributed by atoms with E-state index >= 15 is 0 Å². The fourth-order valence-electron chi connectivity index (χ4n) is 1.98. The number of nitrogens with zero attached hydrogens (tertiary/aromatic N) is 1. The first-order valence-electron chi connectivity index (χ1n) is 7.35. The summed E-state index contributed by atoms with van der Waals surface area (Å²) in [5.41, 5.74) is -3.27. The molecule has 0 radical (unpaired) electrons. The fraction of sp³-hybridized carbons (Fsp3) is 0.250. The summed E-state index contributed by atoms with van der Waals surface area (Å²) in [6, 6.07) is 4.28. The lowest BCUT2D eigenvalue weighted by Gasteiger charge is -2.27. The van der Waals surface area contributed by atoms with E-state index in [9.17, 15) is 23.1 Å². The molecule has 0 fully saturated rings. The summed E-state index contributed by atoms with van der Waals surface area (Å²) in [6.07, 6.45) is -3.52. The van der Waals surface area contributed by atoms with Gasteiger partial charge in [-0.2, -0.15) is 13.2 Å². The Morgan fingerprint density at radius 2 is 1.75 bits per heavy atom. The number of pyridine rings is 1. The molecule has 1 aromatic carbocycles. The Morgan fingerprint density at radius 1 is 1.18 bits per heavy atom. The highest BCUT2D eigenvalue weighted by atomic mass is 35.5. The van der Waals surface area contributed by atoms with E-state index in [4.69, 9.17) is 34.8 Å².